The zero-order valence-electron chi connectivity index (χ0n) is 11.0. The fourth-order valence-corrected chi connectivity index (χ4v) is 3.73. The molecule has 0 N–H and O–H groups in total. The third-order valence-electron chi connectivity index (χ3n) is 4.34. The molecule has 5 heteroatoms. The van der Waals surface area contributed by atoms with Crippen molar-refractivity contribution in [2.24, 2.45) is 0 Å². The number of hydrogen-bond donors (Lipinski definition) is 0. The van der Waals surface area contributed by atoms with Crippen molar-refractivity contribution < 1.29 is 13.2 Å². The molecule has 0 saturated carbocycles. The van der Waals surface area contributed by atoms with Crippen LogP contribution < -0.4 is 0 Å². The van der Waals surface area contributed by atoms with E-state index in [2.05, 4.69) is 0 Å². The standard InChI is InChI=1S/C14H17NO3S/c1-9(19(2,17)18)14(16)15-12-7-8-13(15)11-6-4-3-5-10(11)12/h3-6,9,12-13H,7-8H2,1-2H3. The van der Waals surface area contributed by atoms with E-state index in [0.717, 1.165) is 19.1 Å². The van der Waals surface area contributed by atoms with Crippen LogP contribution in [-0.4, -0.2) is 30.7 Å². The summed E-state index contributed by atoms with van der Waals surface area (Å²) in [5.41, 5.74) is 2.38. The number of hydrogen-bond acceptors (Lipinski definition) is 3. The van der Waals surface area contributed by atoms with E-state index in [-0.39, 0.29) is 18.0 Å². The zero-order valence-corrected chi connectivity index (χ0v) is 11.9. The van der Waals surface area contributed by atoms with Gasteiger partial charge in [-0.05, 0) is 30.9 Å². The van der Waals surface area contributed by atoms with Gasteiger partial charge in [-0.2, -0.15) is 0 Å². The van der Waals surface area contributed by atoms with Crippen molar-refractivity contribution in [1.29, 1.82) is 0 Å². The summed E-state index contributed by atoms with van der Waals surface area (Å²) in [5.74, 6) is -0.258. The summed E-state index contributed by atoms with van der Waals surface area (Å²) in [5, 5.41) is -0.954. The monoisotopic (exact) mass is 279 g/mol. The van der Waals surface area contributed by atoms with Crippen LogP contribution in [0.2, 0.25) is 0 Å². The Hall–Kier alpha value is -1.36. The second kappa shape index (κ2) is 4.07. The minimum atomic E-state index is -3.34. The van der Waals surface area contributed by atoms with Crippen molar-refractivity contribution in [3.8, 4) is 0 Å². The summed E-state index contributed by atoms with van der Waals surface area (Å²) in [6, 6.07) is 8.18. The Labute approximate surface area is 113 Å². The molecule has 1 saturated heterocycles. The minimum Gasteiger partial charge on any atom is -0.327 e. The Bertz CT molecular complexity index is 607. The number of benzene rings is 1. The van der Waals surface area contributed by atoms with Crippen LogP contribution in [0.4, 0.5) is 0 Å². The van der Waals surface area contributed by atoms with Crippen LogP contribution in [0.15, 0.2) is 24.3 Å². The van der Waals surface area contributed by atoms with E-state index < -0.39 is 15.1 Å². The van der Waals surface area contributed by atoms with E-state index in [9.17, 15) is 13.2 Å². The van der Waals surface area contributed by atoms with E-state index >= 15 is 0 Å². The van der Waals surface area contributed by atoms with Gasteiger partial charge in [0.15, 0.2) is 9.84 Å². The van der Waals surface area contributed by atoms with Crippen molar-refractivity contribution in [3.63, 3.8) is 0 Å². The van der Waals surface area contributed by atoms with Crippen LogP contribution in [0.3, 0.4) is 0 Å². The molecule has 2 heterocycles. The molecule has 0 spiro atoms. The summed E-state index contributed by atoms with van der Waals surface area (Å²) >= 11 is 0. The lowest BCUT2D eigenvalue weighted by Gasteiger charge is -2.25. The molecule has 102 valence electrons. The molecule has 2 aliphatic heterocycles. The van der Waals surface area contributed by atoms with Crippen LogP contribution in [-0.2, 0) is 14.6 Å². The lowest BCUT2D eigenvalue weighted by molar-refractivity contribution is -0.132. The number of carbonyl (C=O) groups excluding carboxylic acids is 1. The zero-order chi connectivity index (χ0) is 13.8. The molecule has 3 rings (SSSR count). The van der Waals surface area contributed by atoms with Crippen molar-refractivity contribution in [3.05, 3.63) is 35.4 Å². The number of carbonyl (C=O) groups is 1. The van der Waals surface area contributed by atoms with Gasteiger partial charge in [-0.3, -0.25) is 4.79 Å². The van der Waals surface area contributed by atoms with Crippen LogP contribution in [0.5, 0.6) is 0 Å². The van der Waals surface area contributed by atoms with Crippen molar-refractivity contribution in [2.45, 2.75) is 37.1 Å². The van der Waals surface area contributed by atoms with E-state index in [1.165, 1.54) is 18.1 Å². The summed E-state index contributed by atoms with van der Waals surface area (Å²) in [7, 11) is -3.34. The van der Waals surface area contributed by atoms with Crippen LogP contribution >= 0.6 is 0 Å². The van der Waals surface area contributed by atoms with Gasteiger partial charge in [0.25, 0.3) is 0 Å². The third kappa shape index (κ3) is 1.79. The first kappa shape index (κ1) is 12.7. The topological polar surface area (TPSA) is 54.5 Å². The van der Waals surface area contributed by atoms with Crippen molar-refractivity contribution in [1.82, 2.24) is 4.90 Å². The Morgan fingerprint density at radius 3 is 2.11 bits per heavy atom. The molecule has 3 atom stereocenters. The lowest BCUT2D eigenvalue weighted by Crippen LogP contribution is -2.39. The van der Waals surface area contributed by atoms with E-state index in [1.54, 1.807) is 4.90 Å². The number of fused-ring (bicyclic) bond motifs is 5. The van der Waals surface area contributed by atoms with Crippen molar-refractivity contribution in [2.75, 3.05) is 6.26 Å². The van der Waals surface area contributed by atoms with Gasteiger partial charge in [0, 0.05) is 6.26 Å². The normalized spacial score (nSPS) is 26.3. The Morgan fingerprint density at radius 1 is 1.21 bits per heavy atom. The first-order valence-electron chi connectivity index (χ1n) is 6.51. The average Bonchev–Trinajstić information content (AvgIpc) is 2.92. The Morgan fingerprint density at radius 2 is 1.68 bits per heavy atom. The molecule has 4 nitrogen and oxygen atoms in total. The molecule has 0 radical (unpaired) electrons. The summed E-state index contributed by atoms with van der Waals surface area (Å²) in [6.07, 6.45) is 2.99. The van der Waals surface area contributed by atoms with Crippen molar-refractivity contribution >= 4 is 15.7 Å². The molecule has 19 heavy (non-hydrogen) atoms. The molecule has 3 unspecified atom stereocenters. The minimum absolute atomic E-state index is 0.0675. The molecule has 1 amide bonds. The fraction of sp³-hybridized carbons (Fsp3) is 0.500. The Kier molecular flexibility index (Phi) is 2.71. The highest BCUT2D eigenvalue weighted by molar-refractivity contribution is 7.92. The average molecular weight is 279 g/mol. The molecule has 0 aromatic heterocycles. The van der Waals surface area contributed by atoms with Gasteiger partial charge in [0.2, 0.25) is 5.91 Å². The fourth-order valence-electron chi connectivity index (χ4n) is 3.24. The molecule has 1 aromatic rings. The smallest absolute Gasteiger partial charge is 0.241 e. The lowest BCUT2D eigenvalue weighted by atomic mass is 9.92. The highest BCUT2D eigenvalue weighted by Crippen LogP contribution is 2.53. The highest BCUT2D eigenvalue weighted by atomic mass is 32.2. The third-order valence-corrected chi connectivity index (χ3v) is 5.83. The second-order valence-corrected chi connectivity index (χ2v) is 7.82. The second-order valence-electron chi connectivity index (χ2n) is 5.46. The van der Waals surface area contributed by atoms with Gasteiger partial charge in [-0.25, -0.2) is 8.42 Å². The first-order chi connectivity index (χ1) is 8.91. The molecule has 0 aliphatic carbocycles. The van der Waals surface area contributed by atoms with Gasteiger partial charge in [0.1, 0.15) is 5.25 Å². The quantitative estimate of drug-likeness (QED) is 0.830. The first-order valence-corrected chi connectivity index (χ1v) is 8.46. The SMILES string of the molecule is CC(C(=O)N1C2CCC1c1ccccc12)S(C)(=O)=O. The largest absolute Gasteiger partial charge is 0.327 e. The van der Waals surface area contributed by atoms with Gasteiger partial charge >= 0.3 is 0 Å². The molecule has 1 aromatic carbocycles. The number of rotatable bonds is 2. The highest BCUT2D eigenvalue weighted by Gasteiger charge is 2.48. The van der Waals surface area contributed by atoms with E-state index in [0.29, 0.717) is 0 Å². The van der Waals surface area contributed by atoms with Crippen LogP contribution in [0.1, 0.15) is 43.0 Å². The van der Waals surface area contributed by atoms with Gasteiger partial charge in [-0.1, -0.05) is 24.3 Å². The summed E-state index contributed by atoms with van der Waals surface area (Å²) < 4.78 is 23.2. The Balaban J connectivity index is 1.96. The molecular weight excluding hydrogens is 262 g/mol. The predicted octanol–water partition coefficient (Wildman–Crippen LogP) is 1.84. The molecular formula is C14H17NO3S. The maximum Gasteiger partial charge on any atom is 0.241 e. The van der Waals surface area contributed by atoms with Gasteiger partial charge < -0.3 is 4.90 Å². The van der Waals surface area contributed by atoms with E-state index in [4.69, 9.17) is 0 Å². The number of amides is 1. The number of nitrogens with zero attached hydrogens (tertiary/aromatic N) is 1. The molecule has 1 fully saturated rings. The summed E-state index contributed by atoms with van der Waals surface area (Å²) in [6.45, 7) is 1.49. The molecule has 2 aliphatic rings. The van der Waals surface area contributed by atoms with E-state index in [1.807, 2.05) is 24.3 Å². The van der Waals surface area contributed by atoms with Crippen LogP contribution in [0, 0.1) is 0 Å². The number of sulfone groups is 1. The maximum atomic E-state index is 12.5. The maximum absolute atomic E-state index is 12.5. The predicted molar refractivity (Wildman–Crippen MR) is 72.3 cm³/mol. The summed E-state index contributed by atoms with van der Waals surface area (Å²) in [4.78, 5) is 14.3. The van der Waals surface area contributed by atoms with Gasteiger partial charge in [0.05, 0.1) is 12.1 Å². The van der Waals surface area contributed by atoms with Crippen LogP contribution in [0.25, 0.3) is 0 Å². The molecule has 2 bridgehead atoms. The van der Waals surface area contributed by atoms with Gasteiger partial charge in [-0.15, -0.1) is 0 Å².